The number of rotatable bonds is 6. The number of benzene rings is 1. The topological polar surface area (TPSA) is 84.6 Å². The third-order valence-electron chi connectivity index (χ3n) is 5.45. The number of halogens is 1. The van der Waals surface area contributed by atoms with E-state index in [1.165, 1.54) is 5.56 Å². The van der Waals surface area contributed by atoms with E-state index in [9.17, 15) is 4.79 Å². The van der Waals surface area contributed by atoms with Gasteiger partial charge in [0.05, 0.1) is 17.1 Å². The van der Waals surface area contributed by atoms with Crippen LogP contribution in [0.4, 0.5) is 5.69 Å². The molecule has 2 heterocycles. The number of piperidine rings is 1. The van der Waals surface area contributed by atoms with Gasteiger partial charge in [-0.1, -0.05) is 23.7 Å². The van der Waals surface area contributed by atoms with E-state index in [0.29, 0.717) is 17.1 Å². The summed E-state index contributed by atoms with van der Waals surface area (Å²) in [5.41, 5.74) is 8.96. The van der Waals surface area contributed by atoms with Crippen molar-refractivity contribution in [2.75, 3.05) is 32.5 Å². The number of aryl methyl sites for hydroxylation is 2. The van der Waals surface area contributed by atoms with Crippen LogP contribution in [0.5, 0.6) is 6.01 Å². The lowest BCUT2D eigenvalue weighted by molar-refractivity contribution is -0.135. The summed E-state index contributed by atoms with van der Waals surface area (Å²) in [5, 5.41) is 0.754. The summed E-state index contributed by atoms with van der Waals surface area (Å²) < 4.78 is 5.52. The van der Waals surface area contributed by atoms with E-state index in [0.717, 1.165) is 37.5 Å². The number of anilines is 1. The molecule has 2 N–H and O–H groups in total. The summed E-state index contributed by atoms with van der Waals surface area (Å²) in [5.74, 6) is -0.0723. The number of nitrogens with zero attached hydrogens (tertiary/aromatic N) is 4. The van der Waals surface area contributed by atoms with E-state index in [1.807, 2.05) is 19.2 Å². The molecule has 0 aliphatic carbocycles. The molecule has 0 unspecified atom stereocenters. The zero-order valence-electron chi connectivity index (χ0n) is 17.2. The van der Waals surface area contributed by atoms with E-state index in [-0.39, 0.29) is 24.6 Å². The minimum absolute atomic E-state index is 0.0723. The van der Waals surface area contributed by atoms with E-state index in [1.54, 1.807) is 18.7 Å². The van der Waals surface area contributed by atoms with Crippen molar-refractivity contribution in [2.24, 2.45) is 0 Å². The highest BCUT2D eigenvalue weighted by atomic mass is 35.5. The Bertz CT molecular complexity index is 828. The van der Waals surface area contributed by atoms with Gasteiger partial charge < -0.3 is 15.4 Å². The quantitative estimate of drug-likeness (QED) is 0.777. The first kappa shape index (κ1) is 21.3. The van der Waals surface area contributed by atoms with Crippen LogP contribution in [0.15, 0.2) is 24.3 Å². The molecule has 1 aromatic carbocycles. The first-order chi connectivity index (χ1) is 13.8. The Labute approximate surface area is 176 Å². The monoisotopic (exact) mass is 417 g/mol. The molecule has 0 saturated carbocycles. The number of hydrogen-bond donors (Lipinski definition) is 1. The van der Waals surface area contributed by atoms with E-state index in [2.05, 4.69) is 27.0 Å². The fourth-order valence-corrected chi connectivity index (χ4v) is 3.63. The van der Waals surface area contributed by atoms with Gasteiger partial charge in [0.25, 0.3) is 5.91 Å². The molecule has 29 heavy (non-hydrogen) atoms. The lowest BCUT2D eigenvalue weighted by atomic mass is 10.0. The van der Waals surface area contributed by atoms with Crippen LogP contribution < -0.4 is 10.5 Å². The van der Waals surface area contributed by atoms with Crippen LogP contribution in [0.1, 0.15) is 29.8 Å². The molecule has 1 amide bonds. The van der Waals surface area contributed by atoms with Crippen molar-refractivity contribution in [3.63, 3.8) is 0 Å². The van der Waals surface area contributed by atoms with Crippen molar-refractivity contribution in [2.45, 2.75) is 39.3 Å². The van der Waals surface area contributed by atoms with Gasteiger partial charge in [-0.3, -0.25) is 9.69 Å². The second-order valence-corrected chi connectivity index (χ2v) is 7.95. The Morgan fingerprint density at radius 1 is 1.21 bits per heavy atom. The Kier molecular flexibility index (Phi) is 6.92. The van der Waals surface area contributed by atoms with Crippen LogP contribution in [0.3, 0.4) is 0 Å². The molecule has 0 atom stereocenters. The molecule has 3 rings (SSSR count). The number of amides is 1. The summed E-state index contributed by atoms with van der Waals surface area (Å²) in [4.78, 5) is 25.1. The minimum Gasteiger partial charge on any atom is -0.453 e. The number of hydrogen-bond acceptors (Lipinski definition) is 6. The smallest absolute Gasteiger partial charge is 0.317 e. The van der Waals surface area contributed by atoms with Crippen molar-refractivity contribution in [1.82, 2.24) is 19.8 Å². The highest BCUT2D eigenvalue weighted by Crippen LogP contribution is 2.19. The van der Waals surface area contributed by atoms with Gasteiger partial charge in [-0.15, -0.1) is 0 Å². The molecular formula is C21H28ClN5O2. The Hall–Kier alpha value is -2.38. The average Bonchev–Trinajstić information content (AvgIpc) is 2.72. The van der Waals surface area contributed by atoms with Gasteiger partial charge in [-0.2, -0.15) is 9.97 Å². The number of nitrogens with two attached hydrogens (primary N) is 1. The third kappa shape index (κ3) is 5.58. The number of likely N-dealkylation sites (N-methyl/N-ethyl adjacent to an activating group) is 1. The molecule has 0 radical (unpaired) electrons. The number of ether oxygens (including phenoxy) is 1. The van der Waals surface area contributed by atoms with Gasteiger partial charge in [0.2, 0.25) is 0 Å². The molecule has 1 fully saturated rings. The highest BCUT2D eigenvalue weighted by molar-refractivity contribution is 6.30. The van der Waals surface area contributed by atoms with Crippen LogP contribution >= 0.6 is 11.6 Å². The Balaban J connectivity index is 1.46. The maximum atomic E-state index is 12.6. The third-order valence-corrected chi connectivity index (χ3v) is 5.70. The lowest BCUT2D eigenvalue weighted by Crippen LogP contribution is -2.46. The SMILES string of the molecule is Cc1nc(OCC(=O)N(C)C2CCN(Cc3ccc(Cl)cc3)CC2)nc(C)c1N. The molecule has 0 bridgehead atoms. The maximum Gasteiger partial charge on any atom is 0.317 e. The van der Waals surface area contributed by atoms with Crippen LogP contribution in [-0.4, -0.2) is 58.5 Å². The van der Waals surface area contributed by atoms with Crippen molar-refractivity contribution in [3.8, 4) is 6.01 Å². The highest BCUT2D eigenvalue weighted by Gasteiger charge is 2.25. The number of nitrogen functional groups attached to an aromatic ring is 1. The predicted octanol–water partition coefficient (Wildman–Crippen LogP) is 2.83. The molecular weight excluding hydrogens is 390 g/mol. The minimum atomic E-state index is -0.0791. The standard InChI is InChI=1S/C21H28ClN5O2/c1-14-20(23)15(2)25-21(24-14)29-13-19(28)26(3)18-8-10-27(11-9-18)12-16-4-6-17(22)7-5-16/h4-7,18H,8-13,23H2,1-3H3. The van der Waals surface area contributed by atoms with Gasteiger partial charge >= 0.3 is 6.01 Å². The molecule has 156 valence electrons. The lowest BCUT2D eigenvalue weighted by Gasteiger charge is -2.36. The second kappa shape index (κ2) is 9.41. The first-order valence-electron chi connectivity index (χ1n) is 9.79. The first-order valence-corrected chi connectivity index (χ1v) is 10.2. The van der Waals surface area contributed by atoms with Crippen LogP contribution in [0.25, 0.3) is 0 Å². The second-order valence-electron chi connectivity index (χ2n) is 7.52. The van der Waals surface area contributed by atoms with Crippen molar-refractivity contribution in [3.05, 3.63) is 46.2 Å². The predicted molar refractivity (Wildman–Crippen MR) is 114 cm³/mol. The molecule has 7 nitrogen and oxygen atoms in total. The molecule has 8 heteroatoms. The maximum absolute atomic E-state index is 12.6. The van der Waals surface area contributed by atoms with E-state index in [4.69, 9.17) is 22.1 Å². The Morgan fingerprint density at radius 3 is 2.38 bits per heavy atom. The average molecular weight is 418 g/mol. The molecule has 1 aliphatic heterocycles. The van der Waals surface area contributed by atoms with Gasteiger partial charge in [0.1, 0.15) is 0 Å². The van der Waals surface area contributed by atoms with Gasteiger partial charge in [-0.25, -0.2) is 0 Å². The zero-order valence-corrected chi connectivity index (χ0v) is 17.9. The molecule has 1 aliphatic rings. The number of likely N-dealkylation sites (tertiary alicyclic amines) is 1. The largest absolute Gasteiger partial charge is 0.453 e. The molecule has 1 saturated heterocycles. The summed E-state index contributed by atoms with van der Waals surface area (Å²) in [6.07, 6.45) is 1.87. The number of carbonyl (C=O) groups excluding carboxylic acids is 1. The molecule has 2 aromatic rings. The zero-order chi connectivity index (χ0) is 21.0. The van der Waals surface area contributed by atoms with Gasteiger partial charge in [0, 0.05) is 37.7 Å². The summed E-state index contributed by atoms with van der Waals surface area (Å²) in [6, 6.07) is 8.36. The van der Waals surface area contributed by atoms with E-state index < -0.39 is 0 Å². The van der Waals surface area contributed by atoms with Crippen molar-refractivity contribution < 1.29 is 9.53 Å². The fraction of sp³-hybridized carbons (Fsp3) is 0.476. The normalized spacial score (nSPS) is 15.3. The molecule has 1 aromatic heterocycles. The number of aromatic nitrogens is 2. The number of carbonyl (C=O) groups is 1. The molecule has 0 spiro atoms. The Morgan fingerprint density at radius 2 is 1.79 bits per heavy atom. The summed E-state index contributed by atoms with van der Waals surface area (Å²) in [7, 11) is 1.84. The summed E-state index contributed by atoms with van der Waals surface area (Å²) >= 11 is 5.95. The van der Waals surface area contributed by atoms with Crippen LogP contribution in [0, 0.1) is 13.8 Å². The van der Waals surface area contributed by atoms with E-state index >= 15 is 0 Å². The van der Waals surface area contributed by atoms with Gasteiger partial charge in [-0.05, 0) is 44.4 Å². The van der Waals surface area contributed by atoms with Crippen LogP contribution in [0.2, 0.25) is 5.02 Å². The van der Waals surface area contributed by atoms with Crippen LogP contribution in [-0.2, 0) is 11.3 Å². The summed E-state index contributed by atoms with van der Waals surface area (Å²) in [6.45, 7) is 6.31. The van der Waals surface area contributed by atoms with Crippen molar-refractivity contribution >= 4 is 23.2 Å². The van der Waals surface area contributed by atoms with Crippen molar-refractivity contribution in [1.29, 1.82) is 0 Å². The fourth-order valence-electron chi connectivity index (χ4n) is 3.50. The van der Waals surface area contributed by atoms with Gasteiger partial charge in [0.15, 0.2) is 6.61 Å².